The highest BCUT2D eigenvalue weighted by molar-refractivity contribution is 6.33. The van der Waals surface area contributed by atoms with Crippen LogP contribution in [-0.2, 0) is 25.8 Å². The molecule has 152 valence electrons. The molecule has 0 saturated carbocycles. The third-order valence-electron chi connectivity index (χ3n) is 5.49. The van der Waals surface area contributed by atoms with Crippen LogP contribution in [-0.4, -0.2) is 16.2 Å². The molecule has 2 aromatic heterocycles. The Bertz CT molecular complexity index is 1050. The summed E-state index contributed by atoms with van der Waals surface area (Å²) >= 11 is 6.32. The Morgan fingerprint density at radius 1 is 1.24 bits per heavy atom. The van der Waals surface area contributed by atoms with Crippen LogP contribution in [0.2, 0.25) is 5.02 Å². The van der Waals surface area contributed by atoms with Gasteiger partial charge in [0.1, 0.15) is 28.5 Å². The number of nitrogens with zero attached hydrogens (tertiary/aromatic N) is 2. The van der Waals surface area contributed by atoms with Crippen LogP contribution in [0.5, 0.6) is 0 Å². The summed E-state index contributed by atoms with van der Waals surface area (Å²) in [6, 6.07) is 7.28. The zero-order valence-corrected chi connectivity index (χ0v) is 17.6. The lowest BCUT2D eigenvalue weighted by Crippen LogP contribution is -2.26. The van der Waals surface area contributed by atoms with Gasteiger partial charge in [0.25, 0.3) is 5.91 Å². The van der Waals surface area contributed by atoms with E-state index in [0.29, 0.717) is 40.6 Å². The molecular formula is C22H24ClN3O3. The average molecular weight is 414 g/mol. The van der Waals surface area contributed by atoms with Gasteiger partial charge in [-0.2, -0.15) is 0 Å². The minimum Gasteiger partial charge on any atom is -0.361 e. The van der Waals surface area contributed by atoms with Gasteiger partial charge in [0.15, 0.2) is 0 Å². The van der Waals surface area contributed by atoms with Crippen LogP contribution < -0.4 is 5.32 Å². The van der Waals surface area contributed by atoms with Gasteiger partial charge in [-0.05, 0) is 24.3 Å². The van der Waals surface area contributed by atoms with E-state index in [1.807, 2.05) is 25.1 Å². The number of halogens is 1. The third-order valence-corrected chi connectivity index (χ3v) is 5.82. The molecule has 7 heteroatoms. The third kappa shape index (κ3) is 3.81. The number of aromatic nitrogens is 2. The second-order valence-corrected chi connectivity index (χ2v) is 8.62. The first-order valence-corrected chi connectivity index (χ1v) is 10.3. The normalized spacial score (nSPS) is 15.2. The van der Waals surface area contributed by atoms with E-state index in [1.54, 1.807) is 6.07 Å². The van der Waals surface area contributed by atoms with Crippen LogP contribution in [0, 0.1) is 5.41 Å². The molecule has 0 saturated heterocycles. The van der Waals surface area contributed by atoms with E-state index in [0.717, 1.165) is 36.3 Å². The minimum atomic E-state index is -0.259. The predicted octanol–water partition coefficient (Wildman–Crippen LogP) is 4.99. The second-order valence-electron chi connectivity index (χ2n) is 8.22. The molecule has 0 bridgehead atoms. The van der Waals surface area contributed by atoms with Gasteiger partial charge in [-0.15, -0.1) is 0 Å². The fourth-order valence-electron chi connectivity index (χ4n) is 3.83. The van der Waals surface area contributed by atoms with Crippen molar-refractivity contribution < 1.29 is 13.8 Å². The largest absolute Gasteiger partial charge is 0.361 e. The average Bonchev–Trinajstić information content (AvgIpc) is 3.29. The summed E-state index contributed by atoms with van der Waals surface area (Å²) in [6.45, 7) is 6.70. The molecule has 0 radical (unpaired) electrons. The maximum atomic E-state index is 13.1. The van der Waals surface area contributed by atoms with Gasteiger partial charge in [0.05, 0.1) is 11.6 Å². The van der Waals surface area contributed by atoms with Gasteiger partial charge in [0, 0.05) is 24.0 Å². The fourth-order valence-corrected chi connectivity index (χ4v) is 4.05. The smallest absolute Gasteiger partial charge is 0.257 e. The number of amides is 1. The number of rotatable bonds is 5. The number of benzene rings is 1. The van der Waals surface area contributed by atoms with Gasteiger partial charge < -0.3 is 14.4 Å². The van der Waals surface area contributed by atoms with Crippen molar-refractivity contribution in [3.63, 3.8) is 0 Å². The van der Waals surface area contributed by atoms with Crippen molar-refractivity contribution in [2.24, 2.45) is 5.41 Å². The minimum absolute atomic E-state index is 0.207. The first kappa shape index (κ1) is 19.7. The number of hydrogen-bond donors (Lipinski definition) is 1. The lowest BCUT2D eigenvalue weighted by Gasteiger charge is -2.28. The summed E-state index contributed by atoms with van der Waals surface area (Å²) < 4.78 is 10.9. The Kier molecular flexibility index (Phi) is 5.21. The molecule has 0 spiro atoms. The van der Waals surface area contributed by atoms with E-state index in [4.69, 9.17) is 20.6 Å². The van der Waals surface area contributed by atoms with Crippen LogP contribution in [0.25, 0.3) is 11.3 Å². The van der Waals surface area contributed by atoms with Gasteiger partial charge in [-0.1, -0.05) is 60.9 Å². The SMILES string of the molecule is CCc1onc(-c2ccccc2Cl)c1C(=O)NCc1noc2c1CC(C)(C)CC2. The van der Waals surface area contributed by atoms with E-state index >= 15 is 0 Å². The molecule has 1 aliphatic rings. The number of aryl methyl sites for hydroxylation is 2. The quantitative estimate of drug-likeness (QED) is 0.637. The highest BCUT2D eigenvalue weighted by atomic mass is 35.5. The topological polar surface area (TPSA) is 81.2 Å². The molecule has 0 unspecified atom stereocenters. The summed E-state index contributed by atoms with van der Waals surface area (Å²) in [7, 11) is 0. The molecule has 1 N–H and O–H groups in total. The summed E-state index contributed by atoms with van der Waals surface area (Å²) in [4.78, 5) is 13.1. The van der Waals surface area contributed by atoms with Crippen LogP contribution in [0.3, 0.4) is 0 Å². The number of hydrogen-bond acceptors (Lipinski definition) is 5. The fraction of sp³-hybridized carbons (Fsp3) is 0.409. The van der Waals surface area contributed by atoms with E-state index in [-0.39, 0.29) is 11.3 Å². The summed E-state index contributed by atoms with van der Waals surface area (Å²) in [6.07, 6.45) is 3.40. The zero-order chi connectivity index (χ0) is 20.6. The number of fused-ring (bicyclic) bond motifs is 1. The molecule has 3 aromatic rings. The number of carbonyl (C=O) groups excluding carboxylic acids is 1. The second kappa shape index (κ2) is 7.67. The Labute approximate surface area is 174 Å². The molecule has 4 rings (SSSR count). The maximum absolute atomic E-state index is 13.1. The van der Waals surface area contributed by atoms with Crippen LogP contribution in [0.15, 0.2) is 33.3 Å². The monoisotopic (exact) mass is 413 g/mol. The Morgan fingerprint density at radius 2 is 2.03 bits per heavy atom. The molecule has 0 fully saturated rings. The Hall–Kier alpha value is -2.60. The highest BCUT2D eigenvalue weighted by Crippen LogP contribution is 2.36. The van der Waals surface area contributed by atoms with Crippen LogP contribution in [0.1, 0.15) is 60.3 Å². The zero-order valence-electron chi connectivity index (χ0n) is 16.8. The molecule has 2 heterocycles. The molecule has 1 amide bonds. The van der Waals surface area contributed by atoms with E-state index in [2.05, 4.69) is 29.5 Å². The number of carbonyl (C=O) groups is 1. The summed E-state index contributed by atoms with van der Waals surface area (Å²) in [5.41, 5.74) is 3.65. The van der Waals surface area contributed by atoms with Crippen molar-refractivity contribution in [1.82, 2.24) is 15.6 Å². The van der Waals surface area contributed by atoms with Crippen molar-refractivity contribution in [3.05, 3.63) is 57.6 Å². The first-order valence-electron chi connectivity index (χ1n) is 9.87. The van der Waals surface area contributed by atoms with Gasteiger partial charge in [-0.3, -0.25) is 4.79 Å². The lowest BCUT2D eigenvalue weighted by atomic mass is 9.76. The lowest BCUT2D eigenvalue weighted by molar-refractivity contribution is 0.0948. The van der Waals surface area contributed by atoms with E-state index in [9.17, 15) is 4.79 Å². The summed E-state index contributed by atoms with van der Waals surface area (Å²) in [5.74, 6) is 1.20. The van der Waals surface area contributed by atoms with Crippen LogP contribution in [0.4, 0.5) is 0 Å². The van der Waals surface area contributed by atoms with Crippen molar-refractivity contribution in [2.45, 2.75) is 53.0 Å². The van der Waals surface area contributed by atoms with Gasteiger partial charge in [-0.25, -0.2) is 0 Å². The molecule has 29 heavy (non-hydrogen) atoms. The summed E-state index contributed by atoms with van der Waals surface area (Å²) in [5, 5.41) is 11.8. The van der Waals surface area contributed by atoms with Crippen molar-refractivity contribution >= 4 is 17.5 Å². The molecule has 0 aliphatic heterocycles. The van der Waals surface area contributed by atoms with E-state index < -0.39 is 0 Å². The van der Waals surface area contributed by atoms with Crippen molar-refractivity contribution in [2.75, 3.05) is 0 Å². The first-order chi connectivity index (χ1) is 13.9. The Balaban J connectivity index is 1.58. The van der Waals surface area contributed by atoms with Crippen molar-refractivity contribution in [1.29, 1.82) is 0 Å². The predicted molar refractivity (Wildman–Crippen MR) is 110 cm³/mol. The molecule has 1 aliphatic carbocycles. The standard InChI is InChI=1S/C22H24ClN3O3/c1-4-17-19(20(26-28-17)13-7-5-6-8-15(13)23)21(27)24-12-16-14-11-22(2,3)10-9-18(14)29-25-16/h5-8H,4,9-12H2,1-3H3,(H,24,27). The number of nitrogens with one attached hydrogen (secondary N) is 1. The molecular weight excluding hydrogens is 390 g/mol. The van der Waals surface area contributed by atoms with E-state index in [1.165, 1.54) is 0 Å². The van der Waals surface area contributed by atoms with Crippen molar-refractivity contribution in [3.8, 4) is 11.3 Å². The van der Waals surface area contributed by atoms with Gasteiger partial charge >= 0.3 is 0 Å². The highest BCUT2D eigenvalue weighted by Gasteiger charge is 2.31. The maximum Gasteiger partial charge on any atom is 0.257 e. The van der Waals surface area contributed by atoms with Gasteiger partial charge in [0.2, 0.25) is 0 Å². The molecule has 1 aromatic carbocycles. The Morgan fingerprint density at radius 3 is 2.79 bits per heavy atom. The molecule has 6 nitrogen and oxygen atoms in total. The molecule has 0 atom stereocenters. The van der Waals surface area contributed by atoms with Crippen LogP contribution >= 0.6 is 11.6 Å².